The van der Waals surface area contributed by atoms with Crippen molar-refractivity contribution in [1.29, 1.82) is 0 Å². The summed E-state index contributed by atoms with van der Waals surface area (Å²) < 4.78 is 5.49. The number of carbonyl (C=O) groups excluding carboxylic acids is 2. The average Bonchev–Trinajstić information content (AvgIpc) is 3.12. The number of rotatable bonds is 10. The molecule has 0 bridgehead atoms. The molecule has 170 valence electrons. The average molecular weight is 439 g/mol. The SMILES string of the molecule is CCCC[C@H](NC(=O)C(CC)NC(=O)OCC1c2ccccc2-c2ccccc21)C(=O)O. The van der Waals surface area contributed by atoms with E-state index in [1.54, 1.807) is 6.92 Å². The predicted molar refractivity (Wildman–Crippen MR) is 121 cm³/mol. The molecular formula is C25H30N2O5. The van der Waals surface area contributed by atoms with E-state index in [2.05, 4.69) is 22.8 Å². The molecule has 0 fully saturated rings. The van der Waals surface area contributed by atoms with Gasteiger partial charge in [-0.15, -0.1) is 0 Å². The molecule has 0 radical (unpaired) electrons. The van der Waals surface area contributed by atoms with Gasteiger partial charge in [-0.05, 0) is 35.1 Å². The summed E-state index contributed by atoms with van der Waals surface area (Å²) in [5.74, 6) is -1.68. The Morgan fingerprint density at radius 2 is 1.53 bits per heavy atom. The lowest BCUT2D eigenvalue weighted by Crippen LogP contribution is -2.51. The van der Waals surface area contributed by atoms with Gasteiger partial charge in [0.25, 0.3) is 0 Å². The van der Waals surface area contributed by atoms with Gasteiger partial charge in [-0.25, -0.2) is 9.59 Å². The molecule has 0 aliphatic heterocycles. The summed E-state index contributed by atoms with van der Waals surface area (Å²) in [6, 6.07) is 14.3. The van der Waals surface area contributed by atoms with Crippen molar-refractivity contribution in [2.75, 3.05) is 6.61 Å². The largest absolute Gasteiger partial charge is 0.480 e. The van der Waals surface area contributed by atoms with Gasteiger partial charge in [0, 0.05) is 5.92 Å². The van der Waals surface area contributed by atoms with Gasteiger partial charge in [0.05, 0.1) is 0 Å². The Morgan fingerprint density at radius 3 is 2.06 bits per heavy atom. The molecule has 0 saturated carbocycles. The van der Waals surface area contributed by atoms with Crippen LogP contribution in [0.25, 0.3) is 11.1 Å². The highest BCUT2D eigenvalue weighted by Gasteiger charge is 2.30. The van der Waals surface area contributed by atoms with Gasteiger partial charge in [0.2, 0.25) is 5.91 Å². The van der Waals surface area contributed by atoms with Crippen LogP contribution in [0.1, 0.15) is 56.6 Å². The number of carboxylic acid groups (broad SMARTS) is 1. The molecule has 2 aromatic carbocycles. The van der Waals surface area contributed by atoms with Crippen molar-refractivity contribution in [2.45, 2.75) is 57.5 Å². The lowest BCUT2D eigenvalue weighted by atomic mass is 9.98. The number of amides is 2. The highest BCUT2D eigenvalue weighted by Crippen LogP contribution is 2.44. The van der Waals surface area contributed by atoms with Crippen molar-refractivity contribution in [1.82, 2.24) is 10.6 Å². The van der Waals surface area contributed by atoms with Crippen LogP contribution in [0.5, 0.6) is 0 Å². The number of hydrogen-bond acceptors (Lipinski definition) is 4. The highest BCUT2D eigenvalue weighted by atomic mass is 16.5. The molecule has 0 spiro atoms. The zero-order valence-electron chi connectivity index (χ0n) is 18.5. The first-order valence-electron chi connectivity index (χ1n) is 11.1. The van der Waals surface area contributed by atoms with Gasteiger partial charge in [0.1, 0.15) is 18.7 Å². The van der Waals surface area contributed by atoms with Crippen LogP contribution in [0.4, 0.5) is 4.79 Å². The Hall–Kier alpha value is -3.35. The molecule has 2 atom stereocenters. The van der Waals surface area contributed by atoms with E-state index in [0.717, 1.165) is 28.7 Å². The van der Waals surface area contributed by atoms with Crippen LogP contribution in [0.2, 0.25) is 0 Å². The van der Waals surface area contributed by atoms with E-state index in [9.17, 15) is 19.5 Å². The molecule has 2 amide bonds. The maximum Gasteiger partial charge on any atom is 0.407 e. The number of nitrogens with one attached hydrogen (secondary N) is 2. The van der Waals surface area contributed by atoms with E-state index in [4.69, 9.17) is 4.74 Å². The molecule has 0 heterocycles. The first-order valence-corrected chi connectivity index (χ1v) is 11.1. The fourth-order valence-corrected chi connectivity index (χ4v) is 4.07. The van der Waals surface area contributed by atoms with E-state index in [-0.39, 0.29) is 12.5 Å². The number of carboxylic acids is 1. The summed E-state index contributed by atoms with van der Waals surface area (Å²) in [5, 5.41) is 14.4. The predicted octanol–water partition coefficient (Wildman–Crippen LogP) is 4.06. The number of benzene rings is 2. The molecule has 1 aliphatic rings. The number of alkyl carbamates (subject to hydrolysis) is 1. The van der Waals surface area contributed by atoms with Crippen LogP contribution in [0.3, 0.4) is 0 Å². The molecule has 7 nitrogen and oxygen atoms in total. The van der Waals surface area contributed by atoms with Gasteiger partial charge in [0.15, 0.2) is 0 Å². The third-order valence-electron chi connectivity index (χ3n) is 5.82. The number of unbranched alkanes of at least 4 members (excludes halogenated alkanes) is 1. The molecule has 1 unspecified atom stereocenters. The fraction of sp³-hybridized carbons (Fsp3) is 0.400. The minimum atomic E-state index is -1.08. The number of aliphatic carboxylic acids is 1. The monoisotopic (exact) mass is 438 g/mol. The molecule has 2 aromatic rings. The first kappa shape index (κ1) is 23.3. The lowest BCUT2D eigenvalue weighted by Gasteiger charge is -2.21. The van der Waals surface area contributed by atoms with Crippen LogP contribution in [-0.2, 0) is 14.3 Å². The summed E-state index contributed by atoms with van der Waals surface area (Å²) in [6.07, 6.45) is 1.48. The van der Waals surface area contributed by atoms with Crippen LogP contribution in [0.15, 0.2) is 48.5 Å². The number of carbonyl (C=O) groups is 3. The van der Waals surface area contributed by atoms with Gasteiger partial charge in [-0.1, -0.05) is 75.2 Å². The minimum absolute atomic E-state index is 0.0764. The van der Waals surface area contributed by atoms with Gasteiger partial charge >= 0.3 is 12.1 Å². The van der Waals surface area contributed by atoms with E-state index < -0.39 is 30.1 Å². The standard InChI is InChI=1S/C25H30N2O5/c1-3-5-14-22(24(29)30)26-23(28)21(4-2)27-25(31)32-15-20-18-12-8-6-10-16(18)17-11-7-9-13-19(17)20/h6-13,20-22H,3-5,14-15H2,1-2H3,(H,26,28)(H,27,31)(H,29,30)/t21?,22-/m0/s1. The van der Waals surface area contributed by atoms with Crippen molar-refractivity contribution in [3.8, 4) is 11.1 Å². The third kappa shape index (κ3) is 5.28. The summed E-state index contributed by atoms with van der Waals surface area (Å²) in [4.78, 5) is 36.4. The molecule has 3 N–H and O–H groups in total. The van der Waals surface area contributed by atoms with E-state index in [1.807, 2.05) is 43.3 Å². The first-order chi connectivity index (χ1) is 15.5. The van der Waals surface area contributed by atoms with Crippen LogP contribution >= 0.6 is 0 Å². The smallest absolute Gasteiger partial charge is 0.407 e. The van der Waals surface area contributed by atoms with Crippen molar-refractivity contribution in [3.05, 3.63) is 59.7 Å². The topological polar surface area (TPSA) is 105 Å². The fourth-order valence-electron chi connectivity index (χ4n) is 4.07. The number of ether oxygens (including phenoxy) is 1. The van der Waals surface area contributed by atoms with Crippen molar-refractivity contribution < 1.29 is 24.2 Å². The summed E-state index contributed by atoms with van der Waals surface area (Å²) >= 11 is 0. The molecule has 0 aromatic heterocycles. The zero-order valence-corrected chi connectivity index (χ0v) is 18.5. The van der Waals surface area contributed by atoms with Crippen LogP contribution < -0.4 is 10.6 Å². The molecule has 7 heteroatoms. The molecule has 1 aliphatic carbocycles. The quantitative estimate of drug-likeness (QED) is 0.519. The Bertz CT molecular complexity index is 929. The zero-order chi connectivity index (χ0) is 23.1. The van der Waals surface area contributed by atoms with Crippen LogP contribution in [-0.4, -0.2) is 41.8 Å². The summed E-state index contributed by atoms with van der Waals surface area (Å²) in [5.41, 5.74) is 4.47. The molecule has 3 rings (SSSR count). The third-order valence-corrected chi connectivity index (χ3v) is 5.82. The summed E-state index contributed by atoms with van der Waals surface area (Å²) in [6.45, 7) is 3.84. The maximum atomic E-state index is 12.5. The van der Waals surface area contributed by atoms with E-state index >= 15 is 0 Å². The van der Waals surface area contributed by atoms with E-state index in [0.29, 0.717) is 19.3 Å². The minimum Gasteiger partial charge on any atom is -0.480 e. The second-order valence-electron chi connectivity index (χ2n) is 7.97. The normalized spacial score (nSPS) is 14.1. The van der Waals surface area contributed by atoms with Gasteiger partial charge in [-0.3, -0.25) is 4.79 Å². The van der Waals surface area contributed by atoms with E-state index in [1.165, 1.54) is 0 Å². The van der Waals surface area contributed by atoms with Gasteiger partial charge < -0.3 is 20.5 Å². The Balaban J connectivity index is 1.60. The Labute approximate surface area is 188 Å². The van der Waals surface area contributed by atoms with Crippen molar-refractivity contribution in [3.63, 3.8) is 0 Å². The lowest BCUT2D eigenvalue weighted by molar-refractivity contribution is -0.142. The number of fused-ring (bicyclic) bond motifs is 3. The Morgan fingerprint density at radius 1 is 0.938 bits per heavy atom. The molecule has 32 heavy (non-hydrogen) atoms. The summed E-state index contributed by atoms with van der Waals surface area (Å²) in [7, 11) is 0. The molecular weight excluding hydrogens is 408 g/mol. The van der Waals surface area contributed by atoms with Crippen molar-refractivity contribution in [2.24, 2.45) is 0 Å². The number of hydrogen-bond donors (Lipinski definition) is 3. The highest BCUT2D eigenvalue weighted by molar-refractivity contribution is 5.89. The maximum absolute atomic E-state index is 12.5. The van der Waals surface area contributed by atoms with Crippen molar-refractivity contribution >= 4 is 18.0 Å². The molecule has 0 saturated heterocycles. The van der Waals surface area contributed by atoms with Gasteiger partial charge in [-0.2, -0.15) is 0 Å². The second-order valence-corrected chi connectivity index (χ2v) is 7.97. The second kappa shape index (κ2) is 10.8. The Kier molecular flexibility index (Phi) is 7.87. The van der Waals surface area contributed by atoms with Crippen LogP contribution in [0, 0.1) is 0 Å².